The second-order valence-electron chi connectivity index (χ2n) is 3.36. The molecule has 1 unspecified atom stereocenters. The number of carbonyl (C=O) groups is 1. The Bertz CT molecular complexity index is 411. The van der Waals surface area contributed by atoms with E-state index < -0.39 is 12.0 Å². The molecule has 1 aromatic rings. The summed E-state index contributed by atoms with van der Waals surface area (Å²) in [5, 5.41) is 20.4. The van der Waals surface area contributed by atoms with Crippen molar-refractivity contribution in [2.24, 2.45) is 0 Å². The van der Waals surface area contributed by atoms with E-state index in [1.54, 1.807) is 0 Å². The molecule has 1 atom stereocenters. The highest BCUT2D eigenvalue weighted by atomic mass is 16.5. The van der Waals surface area contributed by atoms with Crippen LogP contribution < -0.4 is 5.32 Å². The number of pyridine rings is 1. The van der Waals surface area contributed by atoms with Crippen molar-refractivity contribution < 1.29 is 14.6 Å². The Labute approximate surface area is 98.9 Å². The monoisotopic (exact) mass is 235 g/mol. The Morgan fingerprint density at radius 1 is 1.71 bits per heavy atom. The average Bonchev–Trinajstić information content (AvgIpc) is 2.36. The minimum Gasteiger partial charge on any atom is -0.389 e. The summed E-state index contributed by atoms with van der Waals surface area (Å²) in [5.41, 5.74) is 0.592. The topological polar surface area (TPSA) is 95.2 Å². The molecule has 0 aliphatic rings. The van der Waals surface area contributed by atoms with Gasteiger partial charge in [-0.05, 0) is 12.1 Å². The van der Waals surface area contributed by atoms with Gasteiger partial charge in [0.15, 0.2) is 0 Å². The molecule has 0 bridgehead atoms. The molecule has 0 aromatic carbocycles. The van der Waals surface area contributed by atoms with Crippen LogP contribution in [-0.2, 0) is 4.74 Å². The maximum atomic E-state index is 11.5. The lowest BCUT2D eigenvalue weighted by Gasteiger charge is -2.10. The van der Waals surface area contributed by atoms with Gasteiger partial charge in [-0.15, -0.1) is 0 Å². The maximum Gasteiger partial charge on any atom is 0.269 e. The first-order valence-electron chi connectivity index (χ1n) is 4.98. The number of nitriles is 1. The Morgan fingerprint density at radius 3 is 3.00 bits per heavy atom. The van der Waals surface area contributed by atoms with Crippen molar-refractivity contribution in [2.45, 2.75) is 6.10 Å². The molecule has 2 N–H and O–H groups in total. The van der Waals surface area contributed by atoms with Crippen molar-refractivity contribution in [1.82, 2.24) is 10.3 Å². The van der Waals surface area contributed by atoms with Crippen LogP contribution in [-0.4, -0.2) is 42.4 Å². The normalized spacial score (nSPS) is 11.6. The molecule has 0 aliphatic heterocycles. The van der Waals surface area contributed by atoms with E-state index in [1.807, 2.05) is 6.07 Å². The number of hydrogen-bond donors (Lipinski definition) is 2. The van der Waals surface area contributed by atoms with E-state index in [9.17, 15) is 9.90 Å². The number of rotatable bonds is 5. The van der Waals surface area contributed by atoms with Crippen LogP contribution in [0.4, 0.5) is 0 Å². The molecule has 1 aromatic heterocycles. The molecular weight excluding hydrogens is 222 g/mol. The number of nitrogens with zero attached hydrogens (tertiary/aromatic N) is 2. The fourth-order valence-electron chi connectivity index (χ4n) is 1.15. The van der Waals surface area contributed by atoms with Crippen LogP contribution in [0.2, 0.25) is 0 Å². The number of methoxy groups -OCH3 is 1. The molecule has 6 heteroatoms. The molecule has 6 nitrogen and oxygen atoms in total. The van der Waals surface area contributed by atoms with Gasteiger partial charge in [0.05, 0.1) is 18.3 Å². The van der Waals surface area contributed by atoms with Crippen LogP contribution in [0.25, 0.3) is 0 Å². The zero-order valence-electron chi connectivity index (χ0n) is 9.38. The van der Waals surface area contributed by atoms with Gasteiger partial charge in [0.25, 0.3) is 5.91 Å². The van der Waals surface area contributed by atoms with Gasteiger partial charge in [-0.2, -0.15) is 5.26 Å². The average molecular weight is 235 g/mol. The Balaban J connectivity index is 2.50. The fourth-order valence-corrected chi connectivity index (χ4v) is 1.15. The first-order valence-corrected chi connectivity index (χ1v) is 4.98. The van der Waals surface area contributed by atoms with Crippen LogP contribution in [0, 0.1) is 11.3 Å². The van der Waals surface area contributed by atoms with Crippen LogP contribution in [0.5, 0.6) is 0 Å². The minimum atomic E-state index is -0.748. The second-order valence-corrected chi connectivity index (χ2v) is 3.36. The number of nitrogens with one attached hydrogen (secondary N) is 1. The van der Waals surface area contributed by atoms with Crippen LogP contribution in [0.1, 0.15) is 16.1 Å². The Morgan fingerprint density at radius 2 is 2.47 bits per heavy atom. The number of aliphatic hydroxyl groups is 1. The number of carbonyl (C=O) groups excluding carboxylic acids is 1. The van der Waals surface area contributed by atoms with E-state index in [-0.39, 0.29) is 18.8 Å². The van der Waals surface area contributed by atoms with Crippen molar-refractivity contribution >= 4 is 5.91 Å². The van der Waals surface area contributed by atoms with E-state index in [4.69, 9.17) is 10.00 Å². The summed E-state index contributed by atoms with van der Waals surface area (Å²) in [7, 11) is 1.47. The number of aromatic nitrogens is 1. The van der Waals surface area contributed by atoms with Gasteiger partial charge in [-0.1, -0.05) is 0 Å². The van der Waals surface area contributed by atoms with Gasteiger partial charge in [0.1, 0.15) is 11.8 Å². The van der Waals surface area contributed by atoms with Gasteiger partial charge in [0.2, 0.25) is 0 Å². The molecule has 1 heterocycles. The predicted octanol–water partition coefficient (Wildman–Crippen LogP) is -0.310. The maximum absolute atomic E-state index is 11.5. The smallest absolute Gasteiger partial charge is 0.269 e. The van der Waals surface area contributed by atoms with E-state index >= 15 is 0 Å². The van der Waals surface area contributed by atoms with Gasteiger partial charge in [-0.3, -0.25) is 4.79 Å². The van der Waals surface area contributed by atoms with Crippen LogP contribution in [0.15, 0.2) is 18.3 Å². The first kappa shape index (κ1) is 13.1. The molecule has 0 fully saturated rings. The molecule has 1 rings (SSSR count). The first-order chi connectivity index (χ1) is 8.17. The van der Waals surface area contributed by atoms with Crippen LogP contribution >= 0.6 is 0 Å². The molecule has 0 saturated heterocycles. The van der Waals surface area contributed by atoms with Crippen molar-refractivity contribution in [1.29, 1.82) is 5.26 Å². The third-order valence-corrected chi connectivity index (χ3v) is 1.98. The number of ether oxygens (including phenoxy) is 1. The summed E-state index contributed by atoms with van der Waals surface area (Å²) in [5.74, 6) is -0.398. The highest BCUT2D eigenvalue weighted by Gasteiger charge is 2.09. The quantitative estimate of drug-likeness (QED) is 0.730. The molecule has 0 aliphatic carbocycles. The van der Waals surface area contributed by atoms with E-state index in [0.717, 1.165) is 0 Å². The lowest BCUT2D eigenvalue weighted by Crippen LogP contribution is -2.34. The molecule has 0 spiro atoms. The Hall–Kier alpha value is -1.97. The molecule has 1 amide bonds. The van der Waals surface area contributed by atoms with Gasteiger partial charge in [-0.25, -0.2) is 4.98 Å². The summed E-state index contributed by atoms with van der Waals surface area (Å²) in [6.07, 6.45) is 0.572. The van der Waals surface area contributed by atoms with Crippen LogP contribution in [0.3, 0.4) is 0 Å². The third kappa shape index (κ3) is 4.18. The highest BCUT2D eigenvalue weighted by molar-refractivity contribution is 5.92. The summed E-state index contributed by atoms with van der Waals surface area (Å²) in [6, 6.07) is 4.87. The van der Waals surface area contributed by atoms with Crippen molar-refractivity contribution in [3.8, 4) is 6.07 Å². The predicted molar refractivity (Wildman–Crippen MR) is 59.2 cm³/mol. The fraction of sp³-hybridized carbons (Fsp3) is 0.364. The minimum absolute atomic E-state index is 0.0916. The van der Waals surface area contributed by atoms with E-state index in [1.165, 1.54) is 25.4 Å². The zero-order chi connectivity index (χ0) is 12.7. The van der Waals surface area contributed by atoms with E-state index in [2.05, 4.69) is 10.3 Å². The van der Waals surface area contributed by atoms with E-state index in [0.29, 0.717) is 5.56 Å². The van der Waals surface area contributed by atoms with Gasteiger partial charge >= 0.3 is 0 Å². The van der Waals surface area contributed by atoms with Crippen molar-refractivity contribution in [3.63, 3.8) is 0 Å². The van der Waals surface area contributed by atoms with Gasteiger partial charge in [0, 0.05) is 19.9 Å². The summed E-state index contributed by atoms with van der Waals surface area (Å²) >= 11 is 0. The largest absolute Gasteiger partial charge is 0.389 e. The number of hydrogen-bond acceptors (Lipinski definition) is 5. The number of aliphatic hydroxyl groups excluding tert-OH is 1. The summed E-state index contributed by atoms with van der Waals surface area (Å²) < 4.78 is 4.72. The SMILES string of the molecule is COCC(O)CNC(=O)c1ccc(C#N)cn1. The Kier molecular flexibility index (Phi) is 5.07. The summed E-state index contributed by atoms with van der Waals surface area (Å²) in [4.78, 5) is 15.4. The summed E-state index contributed by atoms with van der Waals surface area (Å²) in [6.45, 7) is 0.245. The molecule has 0 saturated carbocycles. The molecule has 17 heavy (non-hydrogen) atoms. The third-order valence-electron chi connectivity index (χ3n) is 1.98. The standard InChI is InChI=1S/C11H13N3O3/c1-17-7-9(15)6-14-11(16)10-3-2-8(4-12)5-13-10/h2-3,5,9,15H,6-7H2,1H3,(H,14,16). The van der Waals surface area contributed by atoms with Crippen molar-refractivity contribution in [3.05, 3.63) is 29.6 Å². The lowest BCUT2D eigenvalue weighted by molar-refractivity contribution is 0.0608. The second kappa shape index (κ2) is 6.58. The lowest BCUT2D eigenvalue weighted by atomic mass is 10.2. The molecule has 0 radical (unpaired) electrons. The number of amides is 1. The van der Waals surface area contributed by atoms with Crippen molar-refractivity contribution in [2.75, 3.05) is 20.3 Å². The highest BCUT2D eigenvalue weighted by Crippen LogP contribution is 1.98. The molecular formula is C11H13N3O3. The molecule has 90 valence electrons. The van der Waals surface area contributed by atoms with Gasteiger partial charge < -0.3 is 15.2 Å². The zero-order valence-corrected chi connectivity index (χ0v) is 9.38.